The van der Waals surface area contributed by atoms with Crippen molar-refractivity contribution in [1.29, 1.82) is 0 Å². The molecular weight excluding hydrogens is 280 g/mol. The molecule has 106 valence electrons. The van der Waals surface area contributed by atoms with Crippen molar-refractivity contribution in [1.82, 2.24) is 35.2 Å². The Balaban J connectivity index is 1.85. The van der Waals surface area contributed by atoms with Crippen LogP contribution >= 0.6 is 11.8 Å². The van der Waals surface area contributed by atoms with Gasteiger partial charge in [-0.25, -0.2) is 4.68 Å². The molecule has 1 N–H and O–H groups in total. The highest BCUT2D eigenvalue weighted by Crippen LogP contribution is 2.37. The molecule has 1 fully saturated rings. The Morgan fingerprint density at radius 3 is 2.90 bits per heavy atom. The summed E-state index contributed by atoms with van der Waals surface area (Å²) in [4.78, 5) is 12.6. The summed E-state index contributed by atoms with van der Waals surface area (Å²) in [5.41, 5.74) is 0. The van der Waals surface area contributed by atoms with Gasteiger partial charge in [-0.2, -0.15) is 15.0 Å². The van der Waals surface area contributed by atoms with Crippen LogP contribution in [0.4, 0.5) is 5.95 Å². The molecule has 1 saturated carbocycles. The van der Waals surface area contributed by atoms with E-state index >= 15 is 0 Å². The van der Waals surface area contributed by atoms with E-state index in [1.807, 2.05) is 11.6 Å². The standard InChI is InChI=1S/C10H14N8OS/c1-3-19-8-12-7(11-2)13-9(14-8)20-10-15-16-17-18(10)6-4-5-6/h6H,3-5H2,1-2H3,(H,11,12,13,14). The van der Waals surface area contributed by atoms with Gasteiger partial charge in [-0.1, -0.05) is 0 Å². The summed E-state index contributed by atoms with van der Waals surface area (Å²) >= 11 is 1.30. The Labute approximate surface area is 119 Å². The van der Waals surface area contributed by atoms with E-state index in [0.717, 1.165) is 12.8 Å². The van der Waals surface area contributed by atoms with Crippen molar-refractivity contribution >= 4 is 17.7 Å². The first-order valence-corrected chi connectivity index (χ1v) is 7.14. The second kappa shape index (κ2) is 5.57. The number of tetrazole rings is 1. The minimum atomic E-state index is 0.291. The Kier molecular flexibility index (Phi) is 3.63. The molecule has 3 rings (SSSR count). The molecule has 0 saturated heterocycles. The molecule has 0 bridgehead atoms. The summed E-state index contributed by atoms with van der Waals surface area (Å²) < 4.78 is 7.14. The summed E-state index contributed by atoms with van der Waals surface area (Å²) in [6, 6.07) is 0.698. The molecule has 0 spiro atoms. The smallest absolute Gasteiger partial charge is 0.322 e. The lowest BCUT2D eigenvalue weighted by molar-refractivity contribution is 0.308. The number of hydrogen-bond donors (Lipinski definition) is 1. The van der Waals surface area contributed by atoms with Crippen molar-refractivity contribution in [3.63, 3.8) is 0 Å². The van der Waals surface area contributed by atoms with Crippen molar-refractivity contribution in [2.45, 2.75) is 36.1 Å². The van der Waals surface area contributed by atoms with Gasteiger partial charge in [0.25, 0.3) is 0 Å². The third-order valence-corrected chi connectivity index (χ3v) is 3.45. The molecule has 0 amide bonds. The van der Waals surface area contributed by atoms with E-state index in [-0.39, 0.29) is 0 Å². The van der Waals surface area contributed by atoms with Gasteiger partial charge in [-0.05, 0) is 42.0 Å². The number of aromatic nitrogens is 7. The minimum Gasteiger partial charge on any atom is -0.464 e. The van der Waals surface area contributed by atoms with Crippen LogP contribution in [-0.2, 0) is 0 Å². The lowest BCUT2D eigenvalue weighted by Crippen LogP contribution is -2.05. The van der Waals surface area contributed by atoms with Crippen LogP contribution in [0.15, 0.2) is 10.3 Å². The largest absolute Gasteiger partial charge is 0.464 e. The highest BCUT2D eigenvalue weighted by molar-refractivity contribution is 7.99. The van der Waals surface area contributed by atoms with Gasteiger partial charge < -0.3 is 10.1 Å². The Morgan fingerprint density at radius 1 is 1.35 bits per heavy atom. The van der Waals surface area contributed by atoms with Crippen LogP contribution in [0.2, 0.25) is 0 Å². The Bertz CT molecular complexity index is 599. The molecule has 2 aromatic heterocycles. The summed E-state index contributed by atoms with van der Waals surface area (Å²) in [6.45, 7) is 2.38. The van der Waals surface area contributed by atoms with E-state index < -0.39 is 0 Å². The predicted octanol–water partition coefficient (Wildman–Crippen LogP) is 0.785. The molecule has 9 nitrogen and oxygen atoms in total. The summed E-state index contributed by atoms with van der Waals surface area (Å²) in [6.07, 6.45) is 2.23. The van der Waals surface area contributed by atoms with E-state index in [4.69, 9.17) is 4.74 Å². The fourth-order valence-electron chi connectivity index (χ4n) is 1.57. The van der Waals surface area contributed by atoms with Crippen LogP contribution in [0.5, 0.6) is 6.01 Å². The molecule has 2 aromatic rings. The first kappa shape index (κ1) is 13.0. The molecule has 0 atom stereocenters. The van der Waals surface area contributed by atoms with Gasteiger partial charge in [-0.15, -0.1) is 5.10 Å². The van der Waals surface area contributed by atoms with Gasteiger partial charge in [0, 0.05) is 7.05 Å². The van der Waals surface area contributed by atoms with E-state index in [0.29, 0.717) is 34.9 Å². The fourth-order valence-corrected chi connectivity index (χ4v) is 2.35. The maximum Gasteiger partial charge on any atom is 0.322 e. The number of rotatable bonds is 6. The summed E-state index contributed by atoms with van der Waals surface area (Å²) in [7, 11) is 1.74. The van der Waals surface area contributed by atoms with Crippen molar-refractivity contribution in [3.8, 4) is 6.01 Å². The third-order valence-electron chi connectivity index (χ3n) is 2.63. The third kappa shape index (κ3) is 2.79. The maximum absolute atomic E-state index is 5.32. The average molecular weight is 294 g/mol. The zero-order valence-corrected chi connectivity index (χ0v) is 12.0. The topological polar surface area (TPSA) is 104 Å². The first-order valence-electron chi connectivity index (χ1n) is 6.32. The summed E-state index contributed by atoms with van der Waals surface area (Å²) in [5.74, 6) is 0.455. The van der Waals surface area contributed by atoms with Crippen LogP contribution in [0.25, 0.3) is 0 Å². The van der Waals surface area contributed by atoms with E-state index in [1.165, 1.54) is 11.8 Å². The monoisotopic (exact) mass is 294 g/mol. The van der Waals surface area contributed by atoms with E-state index in [9.17, 15) is 0 Å². The Morgan fingerprint density at radius 2 is 2.20 bits per heavy atom. The van der Waals surface area contributed by atoms with Gasteiger partial charge in [0.15, 0.2) is 0 Å². The molecule has 1 aliphatic rings. The molecule has 0 radical (unpaired) electrons. The van der Waals surface area contributed by atoms with Gasteiger partial charge in [-0.3, -0.25) is 0 Å². The molecule has 20 heavy (non-hydrogen) atoms. The maximum atomic E-state index is 5.32. The highest BCUT2D eigenvalue weighted by Gasteiger charge is 2.28. The second-order valence-electron chi connectivity index (χ2n) is 4.15. The van der Waals surface area contributed by atoms with Crippen molar-refractivity contribution in [2.75, 3.05) is 19.0 Å². The number of nitrogens with zero attached hydrogens (tertiary/aromatic N) is 7. The van der Waals surface area contributed by atoms with Crippen molar-refractivity contribution in [2.24, 2.45) is 0 Å². The lowest BCUT2D eigenvalue weighted by Gasteiger charge is -2.06. The van der Waals surface area contributed by atoms with Crippen LogP contribution in [0, 0.1) is 0 Å². The minimum absolute atomic E-state index is 0.291. The molecular formula is C10H14N8OS. The lowest BCUT2D eigenvalue weighted by atomic mass is 10.7. The fraction of sp³-hybridized carbons (Fsp3) is 0.600. The van der Waals surface area contributed by atoms with Crippen LogP contribution in [0.3, 0.4) is 0 Å². The molecule has 1 aliphatic carbocycles. The van der Waals surface area contributed by atoms with Crippen LogP contribution < -0.4 is 10.1 Å². The number of hydrogen-bond acceptors (Lipinski definition) is 9. The van der Waals surface area contributed by atoms with Gasteiger partial charge >= 0.3 is 6.01 Å². The molecule has 0 unspecified atom stereocenters. The summed E-state index contributed by atoms with van der Waals surface area (Å²) in [5, 5.41) is 15.8. The number of anilines is 1. The van der Waals surface area contributed by atoms with Gasteiger partial charge in [0.05, 0.1) is 12.6 Å². The molecule has 2 heterocycles. The molecule has 0 aromatic carbocycles. The van der Waals surface area contributed by atoms with Crippen LogP contribution in [-0.4, -0.2) is 48.8 Å². The average Bonchev–Trinajstić information content (AvgIpc) is 3.19. The highest BCUT2D eigenvalue weighted by atomic mass is 32.2. The van der Waals surface area contributed by atoms with Gasteiger partial charge in [0.2, 0.25) is 16.3 Å². The molecule has 10 heteroatoms. The van der Waals surface area contributed by atoms with E-state index in [2.05, 4.69) is 35.8 Å². The first-order chi connectivity index (χ1) is 9.80. The second-order valence-corrected chi connectivity index (χ2v) is 5.08. The van der Waals surface area contributed by atoms with Crippen molar-refractivity contribution < 1.29 is 4.74 Å². The number of nitrogens with one attached hydrogen (secondary N) is 1. The zero-order chi connectivity index (χ0) is 13.9. The number of ether oxygens (including phenoxy) is 1. The van der Waals surface area contributed by atoms with Gasteiger partial charge in [0.1, 0.15) is 0 Å². The Hall–Kier alpha value is -1.97. The predicted molar refractivity (Wildman–Crippen MR) is 70.8 cm³/mol. The van der Waals surface area contributed by atoms with E-state index in [1.54, 1.807) is 7.05 Å². The molecule has 0 aliphatic heterocycles. The SMILES string of the molecule is CCOc1nc(NC)nc(Sc2nnnn2C2CC2)n1. The van der Waals surface area contributed by atoms with Crippen molar-refractivity contribution in [3.05, 3.63) is 0 Å². The normalized spacial score (nSPS) is 14.3. The van der Waals surface area contributed by atoms with Crippen LogP contribution in [0.1, 0.15) is 25.8 Å². The zero-order valence-electron chi connectivity index (χ0n) is 11.1. The quantitative estimate of drug-likeness (QED) is 0.827.